The lowest BCUT2D eigenvalue weighted by Crippen LogP contribution is -2.17. The van der Waals surface area contributed by atoms with Crippen LogP contribution in [0.2, 0.25) is 0 Å². The summed E-state index contributed by atoms with van der Waals surface area (Å²) in [7, 11) is 1.92. The van der Waals surface area contributed by atoms with Crippen molar-refractivity contribution in [1.29, 1.82) is 0 Å². The molecule has 1 aromatic heterocycles. The molecule has 2 heterocycles. The number of nitrogens with zero attached hydrogens (tertiary/aromatic N) is 2. The number of halogens is 1. The van der Waals surface area contributed by atoms with Gasteiger partial charge in [0.1, 0.15) is 16.1 Å². The van der Waals surface area contributed by atoms with E-state index in [1.807, 2.05) is 66.1 Å². The van der Waals surface area contributed by atoms with Gasteiger partial charge in [-0.3, -0.25) is 0 Å². The van der Waals surface area contributed by atoms with Crippen LogP contribution < -0.4 is 14.3 Å². The summed E-state index contributed by atoms with van der Waals surface area (Å²) in [5.41, 5.74) is 1.98. The molecule has 1 radical (unpaired) electrons. The van der Waals surface area contributed by atoms with Gasteiger partial charge in [-0.2, -0.15) is 9.82 Å². The number of hydrazine groups is 1. The molecule has 0 spiro atoms. The number of rotatable bonds is 5. The first-order chi connectivity index (χ1) is 12.7. The van der Waals surface area contributed by atoms with Crippen LogP contribution in [0.3, 0.4) is 0 Å². The van der Waals surface area contributed by atoms with E-state index in [4.69, 9.17) is 9.47 Å². The maximum absolute atomic E-state index is 5.82. The fraction of sp³-hybridized carbons (Fsp3) is 0.0556. The summed E-state index contributed by atoms with van der Waals surface area (Å²) in [6.07, 6.45) is 1.89. The lowest BCUT2D eigenvalue weighted by molar-refractivity contribution is 0.420. The van der Waals surface area contributed by atoms with E-state index in [1.165, 1.54) is 23.3 Å². The van der Waals surface area contributed by atoms with Gasteiger partial charge in [0.15, 0.2) is 5.09 Å². The Hall–Kier alpha value is -2.00. The predicted molar refractivity (Wildman–Crippen MR) is 108 cm³/mol. The van der Waals surface area contributed by atoms with E-state index in [-0.39, 0.29) is 0 Å². The van der Waals surface area contributed by atoms with Gasteiger partial charge in [-0.05, 0) is 57.4 Å². The van der Waals surface area contributed by atoms with Gasteiger partial charge in [-0.1, -0.05) is 29.5 Å². The normalized spacial score (nSPS) is 13.6. The molecule has 26 heavy (non-hydrogen) atoms. The highest BCUT2D eigenvalue weighted by atomic mass is 79.9. The molecule has 0 fully saturated rings. The van der Waals surface area contributed by atoms with Crippen molar-refractivity contribution in [2.24, 2.45) is 0 Å². The molecule has 4 rings (SSSR count). The Bertz CT molecular complexity index is 944. The second-order valence-electron chi connectivity index (χ2n) is 5.36. The summed E-state index contributed by atoms with van der Waals surface area (Å²) >= 11 is 6.20. The molecule has 0 unspecified atom stereocenters. The van der Waals surface area contributed by atoms with Crippen molar-refractivity contribution in [1.82, 2.24) is 14.8 Å². The van der Waals surface area contributed by atoms with Crippen LogP contribution in [0.5, 0.6) is 16.7 Å². The van der Waals surface area contributed by atoms with E-state index in [2.05, 4.69) is 31.8 Å². The third-order valence-corrected chi connectivity index (χ3v) is 5.60. The second-order valence-corrected chi connectivity index (χ2v) is 7.78. The quantitative estimate of drug-likeness (QED) is 0.526. The standard InChI is InChI=1S/C18H13BrN3O2S2/c1-22-10-17(26-21-22)23-14-7-5-12(6-8-14)13-3-2-4-15(9-13)24-18-20-16(19)11-25-18/h2,4-11,21H,1H3. The van der Waals surface area contributed by atoms with Gasteiger partial charge in [0.25, 0.3) is 5.19 Å². The Labute approximate surface area is 167 Å². The molecule has 8 heteroatoms. The summed E-state index contributed by atoms with van der Waals surface area (Å²) in [4.78, 5) is 7.31. The van der Waals surface area contributed by atoms with Gasteiger partial charge >= 0.3 is 0 Å². The highest BCUT2D eigenvalue weighted by Gasteiger charge is 2.11. The van der Waals surface area contributed by atoms with E-state index in [0.29, 0.717) is 5.19 Å². The molecule has 0 saturated carbocycles. The number of nitrogens with one attached hydrogen (secondary N) is 1. The van der Waals surface area contributed by atoms with Crippen LogP contribution in [0.4, 0.5) is 0 Å². The molecule has 0 aliphatic carbocycles. The van der Waals surface area contributed by atoms with Crippen LogP contribution in [0, 0.1) is 6.07 Å². The molecule has 3 aromatic rings. The molecular formula is C18H13BrN3O2S2. The van der Waals surface area contributed by atoms with E-state index in [1.54, 1.807) is 0 Å². The third-order valence-electron chi connectivity index (χ3n) is 3.41. The summed E-state index contributed by atoms with van der Waals surface area (Å²) < 4.78 is 12.4. The van der Waals surface area contributed by atoms with Crippen molar-refractivity contribution < 1.29 is 9.47 Å². The van der Waals surface area contributed by atoms with Gasteiger partial charge < -0.3 is 14.5 Å². The molecule has 1 N–H and O–H groups in total. The summed E-state index contributed by atoms with van der Waals surface area (Å²) in [5, 5.41) is 5.13. The molecule has 2 aromatic carbocycles. The maximum atomic E-state index is 5.82. The zero-order valence-corrected chi connectivity index (χ0v) is 16.8. The van der Waals surface area contributed by atoms with Crippen LogP contribution in [0.15, 0.2) is 63.7 Å². The third kappa shape index (κ3) is 4.21. The Kier molecular flexibility index (Phi) is 5.16. The molecule has 1 aliphatic heterocycles. The minimum Gasteiger partial charge on any atom is -0.448 e. The van der Waals surface area contributed by atoms with Crippen molar-refractivity contribution in [3.8, 4) is 27.8 Å². The number of hydrogen-bond acceptors (Lipinski definition) is 7. The van der Waals surface area contributed by atoms with Crippen LogP contribution in [0.1, 0.15) is 0 Å². The molecule has 0 atom stereocenters. The van der Waals surface area contributed by atoms with Crippen molar-refractivity contribution in [2.45, 2.75) is 0 Å². The SMILES string of the molecule is CN1C=C(Oc2ccc(-c3[c]ccc(Oc4nc(Br)cs4)c3)cc2)SN1. The summed E-state index contributed by atoms with van der Waals surface area (Å²) in [6.45, 7) is 0. The van der Waals surface area contributed by atoms with Crippen molar-refractivity contribution in [3.05, 3.63) is 69.8 Å². The molecule has 1 aliphatic rings. The minimum absolute atomic E-state index is 0.596. The lowest BCUT2D eigenvalue weighted by Gasteiger charge is -2.07. The average Bonchev–Trinajstić information content (AvgIpc) is 3.24. The first-order valence-corrected chi connectivity index (χ1v) is 10.1. The topological polar surface area (TPSA) is 46.6 Å². The van der Waals surface area contributed by atoms with E-state index in [9.17, 15) is 0 Å². The maximum Gasteiger partial charge on any atom is 0.279 e. The molecule has 0 amide bonds. The van der Waals surface area contributed by atoms with E-state index in [0.717, 1.165) is 32.3 Å². The smallest absolute Gasteiger partial charge is 0.279 e. The first kappa shape index (κ1) is 17.4. The second kappa shape index (κ2) is 7.71. The largest absolute Gasteiger partial charge is 0.448 e. The Morgan fingerprint density at radius 3 is 2.69 bits per heavy atom. The minimum atomic E-state index is 0.596. The van der Waals surface area contributed by atoms with Crippen molar-refractivity contribution >= 4 is 39.2 Å². The molecule has 131 valence electrons. The van der Waals surface area contributed by atoms with Gasteiger partial charge in [-0.15, -0.1) is 0 Å². The fourth-order valence-electron chi connectivity index (χ4n) is 2.26. The zero-order valence-electron chi connectivity index (χ0n) is 13.6. The van der Waals surface area contributed by atoms with Gasteiger partial charge in [0.05, 0.1) is 6.20 Å². The lowest BCUT2D eigenvalue weighted by atomic mass is 10.1. The highest BCUT2D eigenvalue weighted by Crippen LogP contribution is 2.31. The monoisotopic (exact) mass is 446 g/mol. The number of aromatic nitrogens is 1. The van der Waals surface area contributed by atoms with E-state index >= 15 is 0 Å². The Morgan fingerprint density at radius 2 is 2.00 bits per heavy atom. The fourth-order valence-corrected chi connectivity index (χ4v) is 4.00. The van der Waals surface area contributed by atoms with Crippen LogP contribution in [-0.2, 0) is 0 Å². The molecular weight excluding hydrogens is 434 g/mol. The zero-order chi connectivity index (χ0) is 17.9. The van der Waals surface area contributed by atoms with Crippen molar-refractivity contribution in [3.63, 3.8) is 0 Å². The highest BCUT2D eigenvalue weighted by molar-refractivity contribution is 9.10. The van der Waals surface area contributed by atoms with Gasteiger partial charge in [-0.25, -0.2) is 0 Å². The number of ether oxygens (including phenoxy) is 2. The average molecular weight is 447 g/mol. The predicted octanol–water partition coefficient (Wildman–Crippen LogP) is 5.44. The number of hydrogen-bond donors (Lipinski definition) is 1. The first-order valence-electron chi connectivity index (χ1n) is 7.62. The number of benzene rings is 2. The van der Waals surface area contributed by atoms with Crippen LogP contribution in [-0.4, -0.2) is 17.0 Å². The molecule has 5 nitrogen and oxygen atoms in total. The van der Waals surface area contributed by atoms with E-state index < -0.39 is 0 Å². The van der Waals surface area contributed by atoms with Gasteiger partial charge in [0, 0.05) is 24.4 Å². The number of thiazole rings is 1. The Balaban J connectivity index is 1.48. The molecule has 0 bridgehead atoms. The summed E-state index contributed by atoms with van der Waals surface area (Å²) in [6, 6.07) is 16.8. The van der Waals surface area contributed by atoms with Crippen LogP contribution in [0.25, 0.3) is 11.1 Å². The Morgan fingerprint density at radius 1 is 1.15 bits per heavy atom. The molecule has 0 saturated heterocycles. The van der Waals surface area contributed by atoms with Gasteiger partial charge in [0.2, 0.25) is 0 Å². The summed E-state index contributed by atoms with van der Waals surface area (Å²) in [5.74, 6) is 1.51. The van der Waals surface area contributed by atoms with Crippen LogP contribution >= 0.6 is 39.2 Å². The van der Waals surface area contributed by atoms with Crippen molar-refractivity contribution in [2.75, 3.05) is 7.05 Å².